The number of nitrogens with zero attached hydrogens (tertiary/aromatic N) is 1. The van der Waals surface area contributed by atoms with Gasteiger partial charge in [-0.3, -0.25) is 9.59 Å². The number of hydrogen-bond donors (Lipinski definition) is 1. The Morgan fingerprint density at radius 1 is 1.44 bits per heavy atom. The molecule has 0 aliphatic heterocycles. The van der Waals surface area contributed by atoms with Crippen molar-refractivity contribution in [2.45, 2.75) is 32.7 Å². The van der Waals surface area contributed by atoms with E-state index in [1.165, 1.54) is 4.57 Å². The minimum atomic E-state index is -0.236. The molecule has 86 valence electrons. The number of aromatic nitrogens is 1. The Morgan fingerprint density at radius 3 is 2.62 bits per heavy atom. The Balaban J connectivity index is 2.42. The van der Waals surface area contributed by atoms with Gasteiger partial charge in [0.05, 0.1) is 0 Å². The molecule has 1 saturated carbocycles. The summed E-state index contributed by atoms with van der Waals surface area (Å²) in [6.07, 6.45) is 2.05. The highest BCUT2D eigenvalue weighted by Gasteiger charge is 2.26. The van der Waals surface area contributed by atoms with Gasteiger partial charge in [-0.15, -0.1) is 0 Å². The lowest BCUT2D eigenvalue weighted by Crippen LogP contribution is -2.35. The smallest absolute Gasteiger partial charge is 0.263 e. The van der Waals surface area contributed by atoms with Crippen molar-refractivity contribution in [3.63, 3.8) is 0 Å². The third-order valence-electron chi connectivity index (χ3n) is 3.01. The van der Waals surface area contributed by atoms with Crippen LogP contribution >= 0.6 is 0 Å². The number of rotatable bonds is 2. The Labute approximate surface area is 94.3 Å². The molecule has 1 aliphatic carbocycles. The zero-order chi connectivity index (χ0) is 11.9. The van der Waals surface area contributed by atoms with Gasteiger partial charge in [0.1, 0.15) is 5.56 Å². The third kappa shape index (κ3) is 1.87. The summed E-state index contributed by atoms with van der Waals surface area (Å²) in [5, 5.41) is 2.85. The van der Waals surface area contributed by atoms with Gasteiger partial charge in [-0.2, -0.15) is 0 Å². The van der Waals surface area contributed by atoms with Gasteiger partial charge in [0.2, 0.25) is 0 Å². The zero-order valence-corrected chi connectivity index (χ0v) is 9.83. The van der Waals surface area contributed by atoms with Crippen LogP contribution in [0.5, 0.6) is 0 Å². The first-order valence-corrected chi connectivity index (χ1v) is 5.49. The molecule has 0 unspecified atom stereocenters. The summed E-state index contributed by atoms with van der Waals surface area (Å²) in [5.41, 5.74) is 1.68. The molecule has 1 aromatic rings. The van der Waals surface area contributed by atoms with Crippen molar-refractivity contribution in [1.82, 2.24) is 9.88 Å². The summed E-state index contributed by atoms with van der Waals surface area (Å²) < 4.78 is 1.51. The molecule has 0 radical (unpaired) electrons. The van der Waals surface area contributed by atoms with Crippen molar-refractivity contribution in [3.05, 3.63) is 33.2 Å². The zero-order valence-electron chi connectivity index (χ0n) is 9.83. The van der Waals surface area contributed by atoms with Gasteiger partial charge in [-0.25, -0.2) is 0 Å². The lowest BCUT2D eigenvalue weighted by Gasteiger charge is -2.10. The van der Waals surface area contributed by atoms with E-state index in [0.717, 1.165) is 24.1 Å². The number of carbonyl (C=O) groups excluding carboxylic acids is 1. The van der Waals surface area contributed by atoms with Crippen LogP contribution in [0.2, 0.25) is 0 Å². The molecule has 1 N–H and O–H groups in total. The summed E-state index contributed by atoms with van der Waals surface area (Å²) in [4.78, 5) is 23.8. The number of nitrogens with one attached hydrogen (secondary N) is 1. The van der Waals surface area contributed by atoms with Crippen LogP contribution in [0.3, 0.4) is 0 Å². The first-order chi connectivity index (χ1) is 7.50. The van der Waals surface area contributed by atoms with Crippen LogP contribution in [0.15, 0.2) is 10.9 Å². The van der Waals surface area contributed by atoms with Crippen LogP contribution < -0.4 is 10.9 Å². The molecular formula is C12H16N2O2. The third-order valence-corrected chi connectivity index (χ3v) is 3.01. The second-order valence-corrected chi connectivity index (χ2v) is 4.46. The van der Waals surface area contributed by atoms with E-state index in [1.807, 2.05) is 13.0 Å². The minimum Gasteiger partial charge on any atom is -0.349 e. The van der Waals surface area contributed by atoms with Crippen molar-refractivity contribution in [2.75, 3.05) is 0 Å². The fourth-order valence-electron chi connectivity index (χ4n) is 1.74. The fourth-order valence-corrected chi connectivity index (χ4v) is 1.74. The van der Waals surface area contributed by atoms with Gasteiger partial charge in [0.25, 0.3) is 11.5 Å². The average molecular weight is 220 g/mol. The lowest BCUT2D eigenvalue weighted by molar-refractivity contribution is 0.0948. The molecule has 1 heterocycles. The Bertz CT molecular complexity index is 498. The van der Waals surface area contributed by atoms with Crippen LogP contribution in [0.1, 0.15) is 34.5 Å². The van der Waals surface area contributed by atoms with Crippen LogP contribution in [0.4, 0.5) is 0 Å². The molecule has 1 fully saturated rings. The van der Waals surface area contributed by atoms with Gasteiger partial charge < -0.3 is 9.88 Å². The van der Waals surface area contributed by atoms with Crippen LogP contribution in [0.25, 0.3) is 0 Å². The van der Waals surface area contributed by atoms with Crippen molar-refractivity contribution in [1.29, 1.82) is 0 Å². The van der Waals surface area contributed by atoms with Gasteiger partial charge in [-0.05, 0) is 38.3 Å². The molecule has 0 atom stereocenters. The summed E-state index contributed by atoms with van der Waals surface area (Å²) in [6.45, 7) is 3.66. The van der Waals surface area contributed by atoms with E-state index in [0.29, 0.717) is 0 Å². The van der Waals surface area contributed by atoms with E-state index in [-0.39, 0.29) is 23.1 Å². The fraction of sp³-hybridized carbons (Fsp3) is 0.500. The monoisotopic (exact) mass is 220 g/mol. The predicted octanol–water partition coefficient (Wildman–Crippen LogP) is 0.894. The first kappa shape index (κ1) is 10.9. The summed E-state index contributed by atoms with van der Waals surface area (Å²) in [5.74, 6) is -0.236. The quantitative estimate of drug-likeness (QED) is 0.805. The van der Waals surface area contributed by atoms with Crippen molar-refractivity contribution in [3.8, 4) is 0 Å². The molecule has 1 aromatic heterocycles. The molecule has 4 heteroatoms. The summed E-state index contributed by atoms with van der Waals surface area (Å²) in [7, 11) is 1.69. The van der Waals surface area contributed by atoms with Crippen LogP contribution in [0, 0.1) is 13.8 Å². The maximum Gasteiger partial charge on any atom is 0.263 e. The van der Waals surface area contributed by atoms with Gasteiger partial charge >= 0.3 is 0 Å². The molecule has 0 aromatic carbocycles. The Morgan fingerprint density at radius 2 is 2.06 bits per heavy atom. The van der Waals surface area contributed by atoms with E-state index in [4.69, 9.17) is 0 Å². The second-order valence-electron chi connectivity index (χ2n) is 4.46. The van der Waals surface area contributed by atoms with Crippen LogP contribution in [-0.4, -0.2) is 16.5 Å². The molecule has 2 rings (SSSR count). The van der Waals surface area contributed by atoms with Crippen LogP contribution in [-0.2, 0) is 7.05 Å². The van der Waals surface area contributed by atoms with E-state index in [2.05, 4.69) is 5.32 Å². The van der Waals surface area contributed by atoms with Gasteiger partial charge in [0.15, 0.2) is 0 Å². The molecular weight excluding hydrogens is 204 g/mol. The molecule has 4 nitrogen and oxygen atoms in total. The Kier molecular flexibility index (Phi) is 2.58. The molecule has 16 heavy (non-hydrogen) atoms. The van der Waals surface area contributed by atoms with Gasteiger partial charge in [0, 0.05) is 18.8 Å². The molecule has 1 aliphatic rings. The topological polar surface area (TPSA) is 51.1 Å². The van der Waals surface area contributed by atoms with E-state index in [1.54, 1.807) is 14.0 Å². The van der Waals surface area contributed by atoms with Crippen molar-refractivity contribution < 1.29 is 4.79 Å². The summed E-state index contributed by atoms with van der Waals surface area (Å²) in [6, 6.07) is 2.14. The molecule has 0 spiro atoms. The highest BCUT2D eigenvalue weighted by molar-refractivity contribution is 5.95. The normalized spacial score (nSPS) is 14.9. The summed E-state index contributed by atoms with van der Waals surface area (Å²) >= 11 is 0. The average Bonchev–Trinajstić information content (AvgIpc) is 2.98. The van der Waals surface area contributed by atoms with E-state index >= 15 is 0 Å². The highest BCUT2D eigenvalue weighted by atomic mass is 16.2. The Hall–Kier alpha value is -1.58. The number of carbonyl (C=O) groups is 1. The number of pyridine rings is 1. The largest absolute Gasteiger partial charge is 0.349 e. The molecule has 0 saturated heterocycles. The van der Waals surface area contributed by atoms with Crippen molar-refractivity contribution >= 4 is 5.91 Å². The minimum absolute atomic E-state index is 0.212. The van der Waals surface area contributed by atoms with Gasteiger partial charge in [-0.1, -0.05) is 0 Å². The lowest BCUT2D eigenvalue weighted by atomic mass is 10.1. The van der Waals surface area contributed by atoms with Crippen molar-refractivity contribution in [2.24, 2.45) is 7.05 Å². The number of hydrogen-bond acceptors (Lipinski definition) is 2. The van der Waals surface area contributed by atoms with E-state index in [9.17, 15) is 9.59 Å². The predicted molar refractivity (Wildman–Crippen MR) is 61.6 cm³/mol. The molecule has 1 amide bonds. The second kappa shape index (κ2) is 3.77. The SMILES string of the molecule is Cc1cc(C)n(C)c(=O)c1C(=O)NC1CC1. The number of aryl methyl sites for hydroxylation is 2. The van der Waals surface area contributed by atoms with E-state index < -0.39 is 0 Å². The first-order valence-electron chi connectivity index (χ1n) is 5.49. The highest BCUT2D eigenvalue weighted by Crippen LogP contribution is 2.19. The number of amides is 1. The maximum atomic E-state index is 12.0. The maximum absolute atomic E-state index is 12.0. The molecule has 0 bridgehead atoms. The standard InChI is InChI=1S/C12H16N2O2/c1-7-6-8(2)14(3)12(16)10(7)11(15)13-9-4-5-9/h6,9H,4-5H2,1-3H3,(H,13,15).